The summed E-state index contributed by atoms with van der Waals surface area (Å²) in [6.07, 6.45) is 0.372. The van der Waals surface area contributed by atoms with Gasteiger partial charge < -0.3 is 4.74 Å². The summed E-state index contributed by atoms with van der Waals surface area (Å²) in [5.41, 5.74) is 0.664. The Bertz CT molecular complexity index is 310. The molecule has 0 aliphatic heterocycles. The Hall–Kier alpha value is -1.02. The smallest absolute Gasteiger partial charge is 0.164 e. The first-order chi connectivity index (χ1) is 6.77. The van der Waals surface area contributed by atoms with Crippen LogP contribution in [0.5, 0.6) is 5.75 Å². The molecule has 0 saturated carbocycles. The van der Waals surface area contributed by atoms with E-state index >= 15 is 0 Å². The van der Waals surface area contributed by atoms with Gasteiger partial charge in [-0.2, -0.15) is 0 Å². The van der Waals surface area contributed by atoms with Crippen LogP contribution < -0.4 is 4.74 Å². The fourth-order valence-electron chi connectivity index (χ4n) is 1.16. The highest BCUT2D eigenvalue weighted by atomic mass is 35.5. The predicted octanol–water partition coefficient (Wildman–Crippen LogP) is 2.90. The molecule has 0 heterocycles. The Kier molecular flexibility index (Phi) is 4.47. The molecule has 0 saturated heterocycles. The summed E-state index contributed by atoms with van der Waals surface area (Å²) in [6, 6.07) is 7.17. The third kappa shape index (κ3) is 3.04. The number of ether oxygens (including phenoxy) is 1. The van der Waals surface area contributed by atoms with Gasteiger partial charge in [-0.3, -0.25) is 4.79 Å². The summed E-state index contributed by atoms with van der Waals surface area (Å²) in [7, 11) is 0. The molecule has 0 atom stereocenters. The molecule has 0 unspecified atom stereocenters. The third-order valence-corrected chi connectivity index (χ3v) is 1.98. The molecule has 0 radical (unpaired) electrons. The minimum absolute atomic E-state index is 0.0570. The zero-order valence-corrected chi connectivity index (χ0v) is 8.88. The fraction of sp³-hybridized carbons (Fsp3) is 0.364. The molecule has 0 amide bonds. The lowest BCUT2D eigenvalue weighted by molar-refractivity contribution is 0.0989. The van der Waals surface area contributed by atoms with Crippen molar-refractivity contribution in [1.82, 2.24) is 0 Å². The van der Waals surface area contributed by atoms with E-state index in [4.69, 9.17) is 16.3 Å². The van der Waals surface area contributed by atoms with Gasteiger partial charge in [0.25, 0.3) is 0 Å². The first-order valence-corrected chi connectivity index (χ1v) is 5.13. The number of Topliss-reactive ketones (excluding diaryl/α,β-unsaturated/α-hetero) is 1. The van der Waals surface area contributed by atoms with Gasteiger partial charge in [0.2, 0.25) is 0 Å². The van der Waals surface area contributed by atoms with Crippen LogP contribution in [-0.2, 0) is 0 Å². The minimum atomic E-state index is 0.0570. The SMILES string of the molecule is CCOc1cccc(C(=O)CCCl)c1. The number of rotatable bonds is 5. The van der Waals surface area contributed by atoms with Gasteiger partial charge in [-0.1, -0.05) is 12.1 Å². The van der Waals surface area contributed by atoms with E-state index in [-0.39, 0.29) is 5.78 Å². The average molecular weight is 213 g/mol. The van der Waals surface area contributed by atoms with Crippen molar-refractivity contribution < 1.29 is 9.53 Å². The maximum absolute atomic E-state index is 11.5. The molecule has 76 valence electrons. The standard InChI is InChI=1S/C11H13ClO2/c1-2-14-10-5-3-4-9(8-10)11(13)6-7-12/h3-5,8H,2,6-7H2,1H3. The zero-order chi connectivity index (χ0) is 10.4. The van der Waals surface area contributed by atoms with Crippen LogP contribution in [0.1, 0.15) is 23.7 Å². The number of ketones is 1. The van der Waals surface area contributed by atoms with Crippen molar-refractivity contribution in [1.29, 1.82) is 0 Å². The Balaban J connectivity index is 2.77. The second-order valence-corrected chi connectivity index (χ2v) is 3.20. The van der Waals surface area contributed by atoms with Crippen LogP contribution in [0.25, 0.3) is 0 Å². The lowest BCUT2D eigenvalue weighted by Gasteiger charge is -2.04. The first-order valence-electron chi connectivity index (χ1n) is 4.60. The van der Waals surface area contributed by atoms with E-state index in [1.54, 1.807) is 12.1 Å². The van der Waals surface area contributed by atoms with Crippen molar-refractivity contribution in [2.45, 2.75) is 13.3 Å². The maximum Gasteiger partial charge on any atom is 0.164 e. The Morgan fingerprint density at radius 1 is 1.50 bits per heavy atom. The number of halogens is 1. The van der Waals surface area contributed by atoms with Crippen molar-refractivity contribution >= 4 is 17.4 Å². The van der Waals surface area contributed by atoms with E-state index in [0.717, 1.165) is 5.75 Å². The van der Waals surface area contributed by atoms with Crippen molar-refractivity contribution in [3.05, 3.63) is 29.8 Å². The molecule has 0 aliphatic carbocycles. The number of alkyl halides is 1. The van der Waals surface area contributed by atoms with Crippen LogP contribution in [0.15, 0.2) is 24.3 Å². The molecule has 2 nitrogen and oxygen atoms in total. The van der Waals surface area contributed by atoms with Crippen molar-refractivity contribution in [3.8, 4) is 5.75 Å². The first kappa shape index (κ1) is 11.1. The zero-order valence-electron chi connectivity index (χ0n) is 8.13. The quantitative estimate of drug-likeness (QED) is 0.554. The van der Waals surface area contributed by atoms with Crippen molar-refractivity contribution in [2.75, 3.05) is 12.5 Å². The van der Waals surface area contributed by atoms with Crippen LogP contribution in [-0.4, -0.2) is 18.3 Å². The van der Waals surface area contributed by atoms with E-state index < -0.39 is 0 Å². The summed E-state index contributed by atoms with van der Waals surface area (Å²) >= 11 is 5.50. The molecule has 0 N–H and O–H groups in total. The van der Waals surface area contributed by atoms with Crippen molar-refractivity contribution in [2.24, 2.45) is 0 Å². The van der Waals surface area contributed by atoms with Gasteiger partial charge in [0.15, 0.2) is 5.78 Å². The maximum atomic E-state index is 11.5. The van der Waals surface area contributed by atoms with Gasteiger partial charge >= 0.3 is 0 Å². The van der Waals surface area contributed by atoms with Crippen LogP contribution in [0, 0.1) is 0 Å². The molecule has 0 spiro atoms. The molecule has 14 heavy (non-hydrogen) atoms. The number of benzene rings is 1. The van der Waals surface area contributed by atoms with Crippen LogP contribution in [0.2, 0.25) is 0 Å². The molecule has 1 aromatic carbocycles. The molecular formula is C11H13ClO2. The highest BCUT2D eigenvalue weighted by Crippen LogP contribution is 2.14. The summed E-state index contributed by atoms with van der Waals surface area (Å²) in [4.78, 5) is 11.5. The molecule has 0 bridgehead atoms. The van der Waals surface area contributed by atoms with Gasteiger partial charge in [0.1, 0.15) is 5.75 Å². The Morgan fingerprint density at radius 2 is 2.29 bits per heavy atom. The largest absolute Gasteiger partial charge is 0.494 e. The molecule has 1 rings (SSSR count). The molecule has 0 fully saturated rings. The van der Waals surface area contributed by atoms with Crippen LogP contribution in [0.3, 0.4) is 0 Å². The third-order valence-electron chi connectivity index (χ3n) is 1.79. The minimum Gasteiger partial charge on any atom is -0.494 e. The monoisotopic (exact) mass is 212 g/mol. The Labute approximate surface area is 88.8 Å². The highest BCUT2D eigenvalue weighted by Gasteiger charge is 2.05. The number of carbonyl (C=O) groups is 1. The van der Waals surface area contributed by atoms with E-state index in [2.05, 4.69) is 0 Å². The summed E-state index contributed by atoms with van der Waals surface area (Å²) < 4.78 is 5.29. The predicted molar refractivity (Wildman–Crippen MR) is 57.3 cm³/mol. The average Bonchev–Trinajstić information content (AvgIpc) is 2.19. The lowest BCUT2D eigenvalue weighted by atomic mass is 10.1. The lowest BCUT2D eigenvalue weighted by Crippen LogP contribution is -2.00. The van der Waals surface area contributed by atoms with Gasteiger partial charge in [-0.25, -0.2) is 0 Å². The second kappa shape index (κ2) is 5.66. The molecule has 0 aromatic heterocycles. The Morgan fingerprint density at radius 3 is 2.93 bits per heavy atom. The van der Waals surface area contributed by atoms with Gasteiger partial charge in [-0.05, 0) is 19.1 Å². The van der Waals surface area contributed by atoms with E-state index in [9.17, 15) is 4.79 Å². The second-order valence-electron chi connectivity index (χ2n) is 2.82. The van der Waals surface area contributed by atoms with E-state index in [0.29, 0.717) is 24.5 Å². The van der Waals surface area contributed by atoms with Gasteiger partial charge in [0.05, 0.1) is 6.61 Å². The highest BCUT2D eigenvalue weighted by molar-refractivity contribution is 6.19. The molecule has 1 aromatic rings. The normalized spacial score (nSPS) is 9.86. The van der Waals surface area contributed by atoms with Gasteiger partial charge in [-0.15, -0.1) is 11.6 Å². The molecule has 0 aliphatic rings. The van der Waals surface area contributed by atoms with E-state index in [1.165, 1.54) is 0 Å². The van der Waals surface area contributed by atoms with Crippen molar-refractivity contribution in [3.63, 3.8) is 0 Å². The number of carbonyl (C=O) groups excluding carboxylic acids is 1. The number of hydrogen-bond acceptors (Lipinski definition) is 2. The fourth-order valence-corrected chi connectivity index (χ4v) is 1.33. The molecular weight excluding hydrogens is 200 g/mol. The number of hydrogen-bond donors (Lipinski definition) is 0. The van der Waals surface area contributed by atoms with Crippen LogP contribution in [0.4, 0.5) is 0 Å². The van der Waals surface area contributed by atoms with E-state index in [1.807, 2.05) is 19.1 Å². The van der Waals surface area contributed by atoms with Crippen LogP contribution >= 0.6 is 11.6 Å². The summed E-state index contributed by atoms with van der Waals surface area (Å²) in [5.74, 6) is 1.15. The molecule has 3 heteroatoms. The summed E-state index contributed by atoms with van der Waals surface area (Å²) in [6.45, 7) is 2.51. The topological polar surface area (TPSA) is 26.3 Å². The van der Waals surface area contributed by atoms with Gasteiger partial charge in [0, 0.05) is 17.9 Å². The summed E-state index contributed by atoms with van der Waals surface area (Å²) in [5, 5.41) is 0.